The van der Waals surface area contributed by atoms with E-state index in [0.29, 0.717) is 17.4 Å². The van der Waals surface area contributed by atoms with Crippen molar-refractivity contribution in [3.63, 3.8) is 0 Å². The number of hydrogen-bond acceptors (Lipinski definition) is 4. The Bertz CT molecular complexity index is 559. The van der Waals surface area contributed by atoms with Crippen molar-refractivity contribution < 1.29 is 4.79 Å². The van der Waals surface area contributed by atoms with E-state index in [1.807, 2.05) is 12.3 Å². The van der Waals surface area contributed by atoms with Crippen LogP contribution in [0.4, 0.5) is 0 Å². The van der Waals surface area contributed by atoms with E-state index in [2.05, 4.69) is 22.2 Å². The van der Waals surface area contributed by atoms with Gasteiger partial charge in [0, 0.05) is 29.8 Å². The number of carbonyl (C=O) groups is 1. The predicted molar refractivity (Wildman–Crippen MR) is 74.8 cm³/mol. The van der Waals surface area contributed by atoms with Crippen LogP contribution in [0.5, 0.6) is 0 Å². The van der Waals surface area contributed by atoms with E-state index in [-0.39, 0.29) is 5.91 Å². The Balaban J connectivity index is 2.13. The fraction of sp³-hybridized carbons (Fsp3) is 0.308. The molecule has 4 nitrogen and oxygen atoms in total. The Morgan fingerprint density at radius 1 is 1.33 bits per heavy atom. The topological polar surface area (TPSA) is 54.9 Å². The van der Waals surface area contributed by atoms with E-state index < -0.39 is 0 Å². The molecule has 1 amide bonds. The monoisotopic (exact) mass is 261 g/mol. The maximum absolute atomic E-state index is 11.9. The van der Waals surface area contributed by atoms with Crippen LogP contribution in [-0.2, 0) is 0 Å². The molecule has 2 rings (SSSR count). The SMILES string of the molecule is CS[C@@H](C)CNC(=O)c1ccc2nccnc2c1. The number of nitrogens with one attached hydrogen (secondary N) is 1. The minimum atomic E-state index is -0.0662. The molecule has 0 saturated heterocycles. The molecule has 1 heterocycles. The predicted octanol–water partition coefficient (Wildman–Crippen LogP) is 2.11. The Hall–Kier alpha value is -1.62. The molecule has 0 unspecified atom stereocenters. The zero-order valence-electron chi connectivity index (χ0n) is 10.4. The molecule has 1 atom stereocenters. The molecule has 0 aliphatic rings. The van der Waals surface area contributed by atoms with Gasteiger partial charge in [-0.1, -0.05) is 6.92 Å². The van der Waals surface area contributed by atoms with E-state index in [4.69, 9.17) is 0 Å². The minimum absolute atomic E-state index is 0.0662. The minimum Gasteiger partial charge on any atom is -0.351 e. The highest BCUT2D eigenvalue weighted by molar-refractivity contribution is 7.99. The zero-order chi connectivity index (χ0) is 13.0. The molecule has 0 bridgehead atoms. The van der Waals surface area contributed by atoms with Crippen LogP contribution in [0.3, 0.4) is 0 Å². The first-order valence-corrected chi connectivity index (χ1v) is 7.01. The summed E-state index contributed by atoms with van der Waals surface area (Å²) in [5.41, 5.74) is 2.16. The summed E-state index contributed by atoms with van der Waals surface area (Å²) in [6, 6.07) is 5.35. The molecule has 1 N–H and O–H groups in total. The van der Waals surface area contributed by atoms with Gasteiger partial charge in [0.05, 0.1) is 11.0 Å². The number of carbonyl (C=O) groups excluding carboxylic acids is 1. The van der Waals surface area contributed by atoms with Crippen molar-refractivity contribution in [3.8, 4) is 0 Å². The number of nitrogens with zero attached hydrogens (tertiary/aromatic N) is 2. The molecule has 0 fully saturated rings. The number of benzene rings is 1. The third-order valence-corrected chi connectivity index (χ3v) is 3.66. The van der Waals surface area contributed by atoms with Crippen LogP contribution in [0.25, 0.3) is 11.0 Å². The summed E-state index contributed by atoms with van der Waals surface area (Å²) < 4.78 is 0. The lowest BCUT2D eigenvalue weighted by Gasteiger charge is -2.10. The lowest BCUT2D eigenvalue weighted by molar-refractivity contribution is 0.0954. The van der Waals surface area contributed by atoms with E-state index >= 15 is 0 Å². The Labute approximate surface area is 110 Å². The van der Waals surface area contributed by atoms with Crippen LogP contribution in [0.15, 0.2) is 30.6 Å². The molecule has 1 aromatic heterocycles. The largest absolute Gasteiger partial charge is 0.351 e. The summed E-state index contributed by atoms with van der Waals surface area (Å²) in [6.07, 6.45) is 5.30. The van der Waals surface area contributed by atoms with Crippen molar-refractivity contribution in [2.75, 3.05) is 12.8 Å². The lowest BCUT2D eigenvalue weighted by atomic mass is 10.2. The van der Waals surface area contributed by atoms with Crippen molar-refractivity contribution in [1.82, 2.24) is 15.3 Å². The van der Waals surface area contributed by atoms with Crippen molar-refractivity contribution in [3.05, 3.63) is 36.2 Å². The van der Waals surface area contributed by atoms with E-state index in [1.54, 1.807) is 36.3 Å². The van der Waals surface area contributed by atoms with Gasteiger partial charge < -0.3 is 5.32 Å². The van der Waals surface area contributed by atoms with Crippen LogP contribution < -0.4 is 5.32 Å². The van der Waals surface area contributed by atoms with E-state index in [0.717, 1.165) is 11.0 Å². The molecule has 0 spiro atoms. The second-order valence-corrected chi connectivity index (χ2v) is 5.29. The first-order valence-electron chi connectivity index (χ1n) is 5.72. The number of hydrogen-bond donors (Lipinski definition) is 1. The normalized spacial score (nSPS) is 12.3. The number of fused-ring (bicyclic) bond motifs is 1. The highest BCUT2D eigenvalue weighted by Gasteiger charge is 2.08. The number of amides is 1. The van der Waals surface area contributed by atoms with Crippen molar-refractivity contribution in [1.29, 1.82) is 0 Å². The Morgan fingerprint density at radius 2 is 2.06 bits per heavy atom. The van der Waals surface area contributed by atoms with Crippen molar-refractivity contribution >= 4 is 28.7 Å². The molecule has 1 aromatic carbocycles. The van der Waals surface area contributed by atoms with Gasteiger partial charge >= 0.3 is 0 Å². The standard InChI is InChI=1S/C13H15N3OS/c1-9(18-2)8-16-13(17)10-3-4-11-12(7-10)15-6-5-14-11/h3-7,9H,8H2,1-2H3,(H,16,17)/t9-/m0/s1. The molecule has 2 aromatic rings. The van der Waals surface area contributed by atoms with Crippen molar-refractivity contribution in [2.45, 2.75) is 12.2 Å². The van der Waals surface area contributed by atoms with E-state index in [1.165, 1.54) is 0 Å². The number of aromatic nitrogens is 2. The molecule has 0 aliphatic heterocycles. The lowest BCUT2D eigenvalue weighted by Crippen LogP contribution is -2.29. The van der Waals surface area contributed by atoms with Crippen LogP contribution in [0.1, 0.15) is 17.3 Å². The maximum atomic E-state index is 11.9. The fourth-order valence-corrected chi connectivity index (χ4v) is 1.78. The van der Waals surface area contributed by atoms with Gasteiger partial charge in [0.25, 0.3) is 5.91 Å². The molecule has 0 radical (unpaired) electrons. The second kappa shape index (κ2) is 5.82. The van der Waals surface area contributed by atoms with Gasteiger partial charge in [-0.2, -0.15) is 11.8 Å². The molecule has 0 aliphatic carbocycles. The molecular weight excluding hydrogens is 246 g/mol. The number of thioether (sulfide) groups is 1. The molecule has 0 saturated carbocycles. The summed E-state index contributed by atoms with van der Waals surface area (Å²) in [5.74, 6) is -0.0662. The van der Waals surface area contributed by atoms with Gasteiger partial charge in [0.2, 0.25) is 0 Å². The van der Waals surface area contributed by atoms with Crippen LogP contribution in [0, 0.1) is 0 Å². The third kappa shape index (κ3) is 2.98. The van der Waals surface area contributed by atoms with Gasteiger partial charge in [-0.3, -0.25) is 14.8 Å². The molecule has 94 valence electrons. The van der Waals surface area contributed by atoms with Crippen LogP contribution in [0.2, 0.25) is 0 Å². The van der Waals surface area contributed by atoms with Gasteiger partial charge in [0.1, 0.15) is 0 Å². The summed E-state index contributed by atoms with van der Waals surface area (Å²) in [5, 5.41) is 3.32. The highest BCUT2D eigenvalue weighted by atomic mass is 32.2. The van der Waals surface area contributed by atoms with Gasteiger partial charge in [-0.05, 0) is 24.5 Å². The highest BCUT2D eigenvalue weighted by Crippen LogP contribution is 2.11. The smallest absolute Gasteiger partial charge is 0.251 e. The first-order chi connectivity index (χ1) is 8.70. The average Bonchev–Trinajstić information content (AvgIpc) is 2.43. The maximum Gasteiger partial charge on any atom is 0.251 e. The average molecular weight is 261 g/mol. The van der Waals surface area contributed by atoms with Gasteiger partial charge in [-0.15, -0.1) is 0 Å². The fourth-order valence-electron chi connectivity index (χ4n) is 1.53. The summed E-state index contributed by atoms with van der Waals surface area (Å²) in [6.45, 7) is 2.75. The third-order valence-electron chi connectivity index (χ3n) is 2.68. The van der Waals surface area contributed by atoms with Crippen LogP contribution in [-0.4, -0.2) is 33.9 Å². The van der Waals surface area contributed by atoms with Crippen molar-refractivity contribution in [2.24, 2.45) is 0 Å². The molecule has 18 heavy (non-hydrogen) atoms. The second-order valence-electron chi connectivity index (χ2n) is 4.02. The summed E-state index contributed by atoms with van der Waals surface area (Å²) >= 11 is 1.73. The first kappa shape index (κ1) is 12.8. The zero-order valence-corrected chi connectivity index (χ0v) is 11.2. The van der Waals surface area contributed by atoms with E-state index in [9.17, 15) is 4.79 Å². The Kier molecular flexibility index (Phi) is 4.15. The molecular formula is C13H15N3OS. The summed E-state index contributed by atoms with van der Waals surface area (Å²) in [4.78, 5) is 20.3. The summed E-state index contributed by atoms with van der Waals surface area (Å²) in [7, 11) is 0. The van der Waals surface area contributed by atoms with Crippen LogP contribution >= 0.6 is 11.8 Å². The number of rotatable bonds is 4. The Morgan fingerprint density at radius 3 is 2.78 bits per heavy atom. The van der Waals surface area contributed by atoms with Gasteiger partial charge in [0.15, 0.2) is 0 Å². The van der Waals surface area contributed by atoms with Gasteiger partial charge in [-0.25, -0.2) is 0 Å². The quantitative estimate of drug-likeness (QED) is 0.916. The molecule has 5 heteroatoms.